The van der Waals surface area contributed by atoms with Crippen molar-refractivity contribution >= 4 is 94.8 Å². The minimum Gasteiger partial charge on any atom is -0.463 e. The van der Waals surface area contributed by atoms with Gasteiger partial charge in [0.25, 0.3) is 0 Å². The van der Waals surface area contributed by atoms with Crippen molar-refractivity contribution in [2.75, 3.05) is 143 Å². The number of hydrogen-bond donors (Lipinski definition) is 1. The van der Waals surface area contributed by atoms with Crippen molar-refractivity contribution in [3.05, 3.63) is 0 Å². The Bertz CT molecular complexity index is 2420. The van der Waals surface area contributed by atoms with Crippen LogP contribution in [-0.4, -0.2) is 276 Å². The number of carbonyl (C=O) groups is 10. The van der Waals surface area contributed by atoms with Crippen molar-refractivity contribution in [3.63, 3.8) is 0 Å². The molecule has 32 nitrogen and oxygen atoms in total. The highest BCUT2D eigenvalue weighted by atomic mass is 35.5. The summed E-state index contributed by atoms with van der Waals surface area (Å²) in [5.41, 5.74) is 0. The van der Waals surface area contributed by atoms with Crippen LogP contribution in [0, 0.1) is 47.3 Å². The third kappa shape index (κ3) is 42.8. The quantitative estimate of drug-likeness (QED) is 0.0238. The van der Waals surface area contributed by atoms with Gasteiger partial charge in [0.1, 0.15) is 26.4 Å². The molecular weight excluding hydrogens is 1450 g/mol. The molecule has 4 rings (SSSR count). The van der Waals surface area contributed by atoms with Crippen LogP contribution in [0.4, 0.5) is 0 Å². The number of alkyl halides is 1. The molecule has 105 heavy (non-hydrogen) atoms. The van der Waals surface area contributed by atoms with Gasteiger partial charge in [-0.15, -0.1) is 11.6 Å². The Morgan fingerprint density at radius 3 is 0.790 bits per heavy atom. The molecule has 0 N–H and O–H groups in total. The molecule has 4 saturated heterocycles. The average molecular weight is 1570 g/mol. The number of hydrogen-bond acceptors (Lipinski definition) is 34. The fourth-order valence-electron chi connectivity index (χ4n) is 10.7. The monoisotopic (exact) mass is 1570 g/mol. The van der Waals surface area contributed by atoms with Gasteiger partial charge in [-0.05, 0) is 23.7 Å². The highest BCUT2D eigenvalue weighted by Gasteiger charge is 2.49. The van der Waals surface area contributed by atoms with Gasteiger partial charge in [-0.2, -0.15) is 12.6 Å². The van der Waals surface area contributed by atoms with Crippen molar-refractivity contribution in [2.45, 2.75) is 199 Å². The molecule has 0 aromatic carbocycles. The second kappa shape index (κ2) is 56.6. The summed E-state index contributed by atoms with van der Waals surface area (Å²) in [6.45, 7) is 35.5. The van der Waals surface area contributed by atoms with Gasteiger partial charge in [0, 0.05) is 110 Å². The summed E-state index contributed by atoms with van der Waals surface area (Å²) in [6, 6.07) is 0. The van der Waals surface area contributed by atoms with Crippen LogP contribution in [0.5, 0.6) is 0 Å². The van der Waals surface area contributed by atoms with Crippen LogP contribution in [0.2, 0.25) is 0 Å². The van der Waals surface area contributed by atoms with Gasteiger partial charge in [-0.25, -0.2) is 0 Å². The van der Waals surface area contributed by atoms with Crippen LogP contribution in [0.3, 0.4) is 0 Å². The summed E-state index contributed by atoms with van der Waals surface area (Å²) in [5.74, 6) is -2.22. The second-order valence-electron chi connectivity index (χ2n) is 25.2. The Morgan fingerprint density at radius 2 is 0.543 bits per heavy atom. The Morgan fingerprint density at radius 1 is 0.305 bits per heavy atom. The van der Waals surface area contributed by atoms with E-state index in [-0.39, 0.29) is 135 Å². The topological polar surface area (TPSA) is 374 Å². The molecule has 610 valence electrons. The van der Waals surface area contributed by atoms with Crippen LogP contribution in [-0.2, 0) is 152 Å². The second-order valence-corrected chi connectivity index (χ2v) is 27.3. The molecule has 4 aliphatic heterocycles. The lowest BCUT2D eigenvalue weighted by Crippen LogP contribution is -2.53. The minimum absolute atomic E-state index is 0.00288. The first-order valence-corrected chi connectivity index (χ1v) is 37.4. The summed E-state index contributed by atoms with van der Waals surface area (Å²) in [6.07, 6.45) is -7.07. The third-order valence-electron chi connectivity index (χ3n) is 17.0. The van der Waals surface area contributed by atoms with E-state index >= 15 is 0 Å². The van der Waals surface area contributed by atoms with E-state index in [9.17, 15) is 47.9 Å². The van der Waals surface area contributed by atoms with Crippen LogP contribution >= 0.6 is 36.0 Å². The smallest absolute Gasteiger partial charge is 0.305 e. The Balaban J connectivity index is 0.000000705. The van der Waals surface area contributed by atoms with Crippen LogP contribution in [0.1, 0.15) is 125 Å². The molecule has 0 aromatic heterocycles. The zero-order valence-electron chi connectivity index (χ0n) is 64.4. The van der Waals surface area contributed by atoms with Crippen molar-refractivity contribution in [3.8, 4) is 0 Å². The van der Waals surface area contributed by atoms with Gasteiger partial charge in [-0.3, -0.25) is 47.9 Å². The summed E-state index contributed by atoms with van der Waals surface area (Å²) < 4.78 is 120. The highest BCUT2D eigenvalue weighted by molar-refractivity contribution is 8.13. The normalized spacial score (nSPS) is 28.3. The van der Waals surface area contributed by atoms with E-state index in [4.69, 9.17) is 116 Å². The van der Waals surface area contributed by atoms with Gasteiger partial charge >= 0.3 is 53.7 Å². The fraction of sp³-hybridized carbons (Fsp3) is 0.857. The van der Waals surface area contributed by atoms with Crippen molar-refractivity contribution in [2.24, 2.45) is 47.3 Å². The van der Waals surface area contributed by atoms with Crippen LogP contribution < -0.4 is 0 Å². The van der Waals surface area contributed by atoms with Gasteiger partial charge in [0.15, 0.2) is 48.4 Å². The molecule has 4 aliphatic rings. The number of esters is 9. The van der Waals surface area contributed by atoms with Gasteiger partial charge in [0.05, 0.1) is 124 Å². The molecule has 0 aromatic rings. The summed E-state index contributed by atoms with van der Waals surface area (Å²) in [5, 5.41) is 0.0720. The lowest BCUT2D eigenvalue weighted by atomic mass is 9.83. The lowest BCUT2D eigenvalue weighted by molar-refractivity contribution is -0.282. The van der Waals surface area contributed by atoms with E-state index in [1.807, 2.05) is 55.4 Å². The van der Waals surface area contributed by atoms with E-state index < -0.39 is 91.5 Å². The number of halogens is 1. The van der Waals surface area contributed by atoms with E-state index in [0.29, 0.717) is 96.7 Å². The molecule has 4 fully saturated rings. The molecule has 0 spiro atoms. The van der Waals surface area contributed by atoms with Crippen LogP contribution in [0.15, 0.2) is 0 Å². The summed E-state index contributed by atoms with van der Waals surface area (Å²) in [4.78, 5) is 112. The molecule has 0 saturated carbocycles. The maximum atomic E-state index is 11.5. The highest BCUT2D eigenvalue weighted by Crippen LogP contribution is 2.37. The van der Waals surface area contributed by atoms with Crippen molar-refractivity contribution < 1.29 is 152 Å². The van der Waals surface area contributed by atoms with Gasteiger partial charge < -0.3 is 104 Å². The lowest BCUT2D eigenvalue weighted by Gasteiger charge is -2.43. The molecule has 0 radical (unpaired) electrons. The standard InChI is InChI=1S/C20H34O9S.C18H31ClO8.C18H32O8S.C14H22O7/c1-13-14(2)19(28-16(4)22)20(29-18(13)12-27-15(3)21)26-9-8-24-6-7-25-10-11-30-17(5)23;1-12-13(2)17(26-15(4)21)18(27-16(12)11-25-14(3)20)24-10-9-23-8-7-22-6-5-19;1-12-13(2)17(25-15(4)20)18(26-16(12)11-24-14(3)19)23-8-7-21-5-6-22-9-10-27;1-7-8(2)13(19-10(4)16)14(20-11(5)17)21-12(7)6-18-9(3)15/h13-14,18-20H,6-12H2,1-5H3;12-13,16-18H,5-11H2,1-4H3;12-13,16-18,27H,5-11H2,1-4H3;7-8,12-14H,6H2,1-5H3. The zero-order valence-corrected chi connectivity index (χ0v) is 66.9. The van der Waals surface area contributed by atoms with E-state index in [0.717, 1.165) is 0 Å². The van der Waals surface area contributed by atoms with E-state index in [1.165, 1.54) is 81.0 Å². The Kier molecular flexibility index (Phi) is 53.0. The Labute approximate surface area is 633 Å². The van der Waals surface area contributed by atoms with Crippen molar-refractivity contribution in [1.82, 2.24) is 0 Å². The van der Waals surface area contributed by atoms with E-state index in [1.54, 1.807) is 0 Å². The van der Waals surface area contributed by atoms with Gasteiger partial charge in [-0.1, -0.05) is 67.2 Å². The van der Waals surface area contributed by atoms with Crippen LogP contribution in [0.25, 0.3) is 0 Å². The van der Waals surface area contributed by atoms with Crippen molar-refractivity contribution in [1.29, 1.82) is 0 Å². The first kappa shape index (κ1) is 98.4. The molecule has 0 bridgehead atoms. The predicted octanol–water partition coefficient (Wildman–Crippen LogP) is 6.07. The molecule has 20 unspecified atom stereocenters. The predicted molar refractivity (Wildman–Crippen MR) is 379 cm³/mol. The molecular formula is C70H119ClO32S2. The first-order chi connectivity index (χ1) is 49.7. The maximum absolute atomic E-state index is 11.5. The number of ether oxygens (including phenoxy) is 22. The SMILES string of the molecule is CC(=O)OCC1OC(OC(C)=O)C(OC(C)=O)C(C)C1C.CC(=O)OCC1OC(OCCOCCOCCCl)C(OC(C)=O)C(C)C1C.CC(=O)OCC1OC(OCCOCCOCCS)C(OC(C)=O)C(C)C1C.CC(=O)OCC1OC(OCCOCCOCCSC(C)=O)C(OC(C)=O)C(C)C1C. The largest absolute Gasteiger partial charge is 0.463 e. The number of carbonyl (C=O) groups excluding carboxylic acids is 10. The molecule has 20 atom stereocenters. The van der Waals surface area contributed by atoms with E-state index in [2.05, 4.69) is 12.6 Å². The number of rotatable bonds is 41. The zero-order chi connectivity index (χ0) is 79.1. The maximum Gasteiger partial charge on any atom is 0.305 e. The molecule has 0 amide bonds. The molecule has 35 heteroatoms. The first-order valence-electron chi connectivity index (χ1n) is 35.3. The third-order valence-corrected chi connectivity index (χ3v) is 18.1. The number of thioether (sulfide) groups is 1. The van der Waals surface area contributed by atoms with Gasteiger partial charge in [0.2, 0.25) is 6.29 Å². The Hall–Kier alpha value is -4.63. The summed E-state index contributed by atoms with van der Waals surface area (Å²) >= 11 is 10.8. The number of thiol groups is 1. The average Bonchev–Trinajstić information content (AvgIpc) is 0.831. The fourth-order valence-corrected chi connectivity index (χ4v) is 11.4. The molecule has 0 aliphatic carbocycles. The summed E-state index contributed by atoms with van der Waals surface area (Å²) in [7, 11) is 0. The minimum atomic E-state index is -1.00. The molecule has 4 heterocycles.